The van der Waals surface area contributed by atoms with Crippen molar-refractivity contribution in [2.24, 2.45) is 5.73 Å². The summed E-state index contributed by atoms with van der Waals surface area (Å²) in [6.45, 7) is 0.0334. The zero-order valence-electron chi connectivity index (χ0n) is 10.6. The van der Waals surface area contributed by atoms with E-state index in [0.717, 1.165) is 5.56 Å². The highest BCUT2D eigenvalue weighted by molar-refractivity contribution is 6.42. The van der Waals surface area contributed by atoms with Crippen LogP contribution in [0.15, 0.2) is 18.2 Å². The predicted octanol–water partition coefficient (Wildman–Crippen LogP) is 2.35. The molecule has 4 nitrogen and oxygen atoms in total. The van der Waals surface area contributed by atoms with Crippen LogP contribution in [-0.2, 0) is 9.53 Å². The van der Waals surface area contributed by atoms with Gasteiger partial charge in [-0.25, -0.2) is 0 Å². The Bertz CT molecular complexity index is 440. The maximum absolute atomic E-state index is 11.6. The highest BCUT2D eigenvalue weighted by Gasteiger charge is 2.26. The van der Waals surface area contributed by atoms with Crippen LogP contribution in [0.25, 0.3) is 0 Å². The molecule has 1 aromatic rings. The Morgan fingerprint density at radius 3 is 2.63 bits per heavy atom. The van der Waals surface area contributed by atoms with Crippen LogP contribution in [0.4, 0.5) is 0 Å². The number of benzene rings is 1. The molecule has 106 valence electrons. The monoisotopic (exact) mass is 305 g/mol. The van der Waals surface area contributed by atoms with Crippen LogP contribution in [0, 0.1) is 0 Å². The Balaban J connectivity index is 3.01. The van der Waals surface area contributed by atoms with Gasteiger partial charge < -0.3 is 15.6 Å². The lowest BCUT2D eigenvalue weighted by molar-refractivity contribution is -0.142. The molecule has 0 aromatic heterocycles. The Labute approximate surface area is 122 Å². The quantitative estimate of drug-likeness (QED) is 0.791. The van der Waals surface area contributed by atoms with Crippen molar-refractivity contribution in [2.75, 3.05) is 13.7 Å². The number of aliphatic hydroxyl groups is 1. The molecular formula is C13H17Cl2NO3. The van der Waals surface area contributed by atoms with Crippen molar-refractivity contribution < 1.29 is 14.6 Å². The van der Waals surface area contributed by atoms with E-state index in [-0.39, 0.29) is 12.5 Å². The minimum absolute atomic E-state index is 0.0334. The van der Waals surface area contributed by atoms with E-state index in [1.807, 2.05) is 0 Å². The van der Waals surface area contributed by atoms with Gasteiger partial charge in [-0.3, -0.25) is 4.79 Å². The van der Waals surface area contributed by atoms with Gasteiger partial charge in [0.1, 0.15) is 6.04 Å². The molecule has 0 aliphatic rings. The van der Waals surface area contributed by atoms with Crippen molar-refractivity contribution in [3.8, 4) is 0 Å². The van der Waals surface area contributed by atoms with Gasteiger partial charge in [0.15, 0.2) is 0 Å². The summed E-state index contributed by atoms with van der Waals surface area (Å²) in [6.07, 6.45) is 1.10. The van der Waals surface area contributed by atoms with Gasteiger partial charge in [0, 0.05) is 12.5 Å². The molecule has 1 rings (SSSR count). The molecule has 0 saturated carbocycles. The average molecular weight is 306 g/mol. The van der Waals surface area contributed by atoms with E-state index < -0.39 is 12.0 Å². The van der Waals surface area contributed by atoms with Crippen LogP contribution in [0.3, 0.4) is 0 Å². The summed E-state index contributed by atoms with van der Waals surface area (Å²) < 4.78 is 4.66. The van der Waals surface area contributed by atoms with Gasteiger partial charge in [-0.15, -0.1) is 0 Å². The molecule has 0 saturated heterocycles. The third-order valence-electron chi connectivity index (χ3n) is 2.95. The molecule has 1 unspecified atom stereocenters. The third kappa shape index (κ3) is 4.35. The number of methoxy groups -OCH3 is 1. The van der Waals surface area contributed by atoms with Gasteiger partial charge >= 0.3 is 5.97 Å². The molecule has 0 spiro atoms. The number of ether oxygens (including phenoxy) is 1. The van der Waals surface area contributed by atoms with E-state index in [1.54, 1.807) is 18.2 Å². The lowest BCUT2D eigenvalue weighted by Gasteiger charge is -2.22. The molecule has 0 radical (unpaired) electrons. The minimum Gasteiger partial charge on any atom is -0.468 e. The summed E-state index contributed by atoms with van der Waals surface area (Å²) in [5, 5.41) is 9.78. The lowest BCUT2D eigenvalue weighted by Crippen LogP contribution is -2.37. The average Bonchev–Trinajstić information content (AvgIpc) is 2.41. The Morgan fingerprint density at radius 1 is 1.42 bits per heavy atom. The largest absolute Gasteiger partial charge is 0.468 e. The van der Waals surface area contributed by atoms with Crippen LogP contribution in [0.5, 0.6) is 0 Å². The fourth-order valence-electron chi connectivity index (χ4n) is 1.91. The molecular weight excluding hydrogens is 289 g/mol. The summed E-state index contributed by atoms with van der Waals surface area (Å²) in [4.78, 5) is 11.6. The number of esters is 1. The zero-order valence-corrected chi connectivity index (χ0v) is 12.1. The molecule has 0 bridgehead atoms. The third-order valence-corrected chi connectivity index (χ3v) is 3.69. The fourth-order valence-corrected chi connectivity index (χ4v) is 2.21. The van der Waals surface area contributed by atoms with Crippen LogP contribution in [0.2, 0.25) is 10.0 Å². The highest BCUT2D eigenvalue weighted by Crippen LogP contribution is 2.30. The van der Waals surface area contributed by atoms with Gasteiger partial charge in [-0.05, 0) is 30.5 Å². The van der Waals surface area contributed by atoms with Gasteiger partial charge in [0.2, 0.25) is 0 Å². The van der Waals surface area contributed by atoms with Crippen molar-refractivity contribution >= 4 is 29.2 Å². The summed E-state index contributed by atoms with van der Waals surface area (Å²) >= 11 is 11.8. The van der Waals surface area contributed by atoms with Crippen LogP contribution in [-0.4, -0.2) is 30.8 Å². The van der Waals surface area contributed by atoms with Crippen molar-refractivity contribution in [1.29, 1.82) is 0 Å². The molecule has 2 atom stereocenters. The maximum atomic E-state index is 11.6. The standard InChI is InChI=1S/C13H17Cl2NO3/c1-19-13(18)12(16)9(3-2-6-17)8-4-5-10(14)11(15)7-8/h4-5,7,9,12,17H,2-3,6,16H2,1H3/t9-,12?/m0/s1. The van der Waals surface area contributed by atoms with Crippen molar-refractivity contribution in [3.63, 3.8) is 0 Å². The van der Waals surface area contributed by atoms with Gasteiger partial charge in [-0.1, -0.05) is 29.3 Å². The van der Waals surface area contributed by atoms with E-state index >= 15 is 0 Å². The van der Waals surface area contributed by atoms with Crippen LogP contribution in [0.1, 0.15) is 24.3 Å². The molecule has 0 aliphatic heterocycles. The summed E-state index contributed by atoms with van der Waals surface area (Å²) in [5.41, 5.74) is 6.71. The van der Waals surface area contributed by atoms with E-state index in [0.29, 0.717) is 22.9 Å². The second kappa shape index (κ2) is 7.70. The van der Waals surface area contributed by atoms with Gasteiger partial charge in [0.05, 0.1) is 17.2 Å². The van der Waals surface area contributed by atoms with Crippen LogP contribution >= 0.6 is 23.2 Å². The number of carbonyl (C=O) groups is 1. The number of nitrogens with two attached hydrogens (primary N) is 1. The van der Waals surface area contributed by atoms with E-state index in [1.165, 1.54) is 7.11 Å². The number of hydrogen-bond acceptors (Lipinski definition) is 4. The molecule has 3 N–H and O–H groups in total. The smallest absolute Gasteiger partial charge is 0.323 e. The zero-order chi connectivity index (χ0) is 14.4. The SMILES string of the molecule is COC(=O)C(N)[C@@H](CCCO)c1ccc(Cl)c(Cl)c1. The van der Waals surface area contributed by atoms with Crippen LogP contribution < -0.4 is 5.73 Å². The molecule has 6 heteroatoms. The summed E-state index contributed by atoms with van der Waals surface area (Å²) in [6, 6.07) is 4.33. The number of halogens is 2. The predicted molar refractivity (Wildman–Crippen MR) is 75.5 cm³/mol. The molecule has 1 aromatic carbocycles. The highest BCUT2D eigenvalue weighted by atomic mass is 35.5. The van der Waals surface area contributed by atoms with E-state index in [2.05, 4.69) is 4.74 Å². The number of carbonyl (C=O) groups excluding carboxylic acids is 1. The number of rotatable bonds is 6. The molecule has 0 fully saturated rings. The first-order valence-corrected chi connectivity index (χ1v) is 6.66. The minimum atomic E-state index is -0.797. The maximum Gasteiger partial charge on any atom is 0.323 e. The number of hydrogen-bond donors (Lipinski definition) is 2. The Hall–Kier alpha value is -0.810. The second-order valence-corrected chi connectivity index (χ2v) is 5.01. The van der Waals surface area contributed by atoms with Crippen molar-refractivity contribution in [1.82, 2.24) is 0 Å². The summed E-state index contributed by atoms with van der Waals surface area (Å²) in [5.74, 6) is -0.761. The first-order chi connectivity index (χ1) is 9.01. The van der Waals surface area contributed by atoms with E-state index in [9.17, 15) is 4.79 Å². The number of aliphatic hydroxyl groups excluding tert-OH is 1. The summed E-state index contributed by atoms with van der Waals surface area (Å²) in [7, 11) is 1.29. The first-order valence-electron chi connectivity index (χ1n) is 5.90. The van der Waals surface area contributed by atoms with Gasteiger partial charge in [-0.2, -0.15) is 0 Å². The molecule has 19 heavy (non-hydrogen) atoms. The van der Waals surface area contributed by atoms with Crippen molar-refractivity contribution in [3.05, 3.63) is 33.8 Å². The normalized spacial score (nSPS) is 13.9. The van der Waals surface area contributed by atoms with E-state index in [4.69, 9.17) is 34.0 Å². The molecule has 0 amide bonds. The molecule has 0 aliphatic carbocycles. The Morgan fingerprint density at radius 2 is 2.11 bits per heavy atom. The molecule has 0 heterocycles. The first kappa shape index (κ1) is 16.2. The topological polar surface area (TPSA) is 72.5 Å². The second-order valence-electron chi connectivity index (χ2n) is 4.19. The van der Waals surface area contributed by atoms with Crippen molar-refractivity contribution in [2.45, 2.75) is 24.8 Å². The fraction of sp³-hybridized carbons (Fsp3) is 0.462. The van der Waals surface area contributed by atoms with Gasteiger partial charge in [0.25, 0.3) is 0 Å². The Kier molecular flexibility index (Phi) is 6.58. The lowest BCUT2D eigenvalue weighted by atomic mass is 9.88.